The van der Waals surface area contributed by atoms with E-state index in [-0.39, 0.29) is 47.0 Å². The van der Waals surface area contributed by atoms with Crippen molar-refractivity contribution in [2.24, 2.45) is 0 Å². The third-order valence-electron chi connectivity index (χ3n) is 3.61. The van der Waals surface area contributed by atoms with Crippen molar-refractivity contribution in [1.82, 2.24) is 5.32 Å². The SMILES string of the molecule is CCOc1c(Nc2cccc(C(=O)NC3CC3)c2O)c(=O)c1=O. The van der Waals surface area contributed by atoms with E-state index in [4.69, 9.17) is 4.74 Å². The van der Waals surface area contributed by atoms with Crippen LogP contribution in [0.5, 0.6) is 11.5 Å². The van der Waals surface area contributed by atoms with Crippen LogP contribution in [-0.2, 0) is 0 Å². The first-order valence-corrected chi connectivity index (χ1v) is 7.39. The van der Waals surface area contributed by atoms with Crippen molar-refractivity contribution in [2.75, 3.05) is 11.9 Å². The highest BCUT2D eigenvalue weighted by atomic mass is 16.5. The fraction of sp³-hybridized carbons (Fsp3) is 0.312. The summed E-state index contributed by atoms with van der Waals surface area (Å²) in [4.78, 5) is 35.1. The lowest BCUT2D eigenvalue weighted by atomic mass is 10.1. The fourth-order valence-corrected chi connectivity index (χ4v) is 2.22. The molecule has 0 aromatic heterocycles. The standard InChI is InChI=1S/C16H16N2O5/c1-2-23-15-11(13(20)14(15)21)18-10-5-3-4-9(12(10)19)16(22)17-8-6-7-8/h3-5,8,18-19H,2,6-7H2,1H3,(H,17,22). The van der Waals surface area contributed by atoms with Gasteiger partial charge in [0, 0.05) is 6.04 Å². The molecule has 1 aliphatic carbocycles. The van der Waals surface area contributed by atoms with Crippen LogP contribution in [0.1, 0.15) is 30.1 Å². The minimum atomic E-state index is -0.708. The van der Waals surface area contributed by atoms with Crippen LogP contribution >= 0.6 is 0 Å². The first-order valence-electron chi connectivity index (χ1n) is 7.39. The van der Waals surface area contributed by atoms with E-state index in [0.29, 0.717) is 0 Å². The number of rotatable bonds is 6. The highest BCUT2D eigenvalue weighted by Gasteiger charge is 2.27. The summed E-state index contributed by atoms with van der Waals surface area (Å²) in [5, 5.41) is 15.7. The fourth-order valence-electron chi connectivity index (χ4n) is 2.22. The van der Waals surface area contributed by atoms with Gasteiger partial charge in [-0.3, -0.25) is 14.4 Å². The number of aromatic hydroxyl groups is 1. The molecule has 1 aliphatic rings. The number of amides is 1. The van der Waals surface area contributed by atoms with Gasteiger partial charge < -0.3 is 20.5 Å². The maximum Gasteiger partial charge on any atom is 0.272 e. The molecule has 0 heterocycles. The Morgan fingerprint density at radius 1 is 1.30 bits per heavy atom. The van der Waals surface area contributed by atoms with Gasteiger partial charge in [-0.1, -0.05) is 6.07 Å². The van der Waals surface area contributed by atoms with Gasteiger partial charge in [-0.15, -0.1) is 0 Å². The zero-order valence-corrected chi connectivity index (χ0v) is 12.5. The molecule has 0 radical (unpaired) electrons. The molecule has 1 fully saturated rings. The average molecular weight is 316 g/mol. The Kier molecular flexibility index (Phi) is 3.77. The molecular formula is C16H16N2O5. The van der Waals surface area contributed by atoms with E-state index in [1.165, 1.54) is 12.1 Å². The third-order valence-corrected chi connectivity index (χ3v) is 3.61. The quantitative estimate of drug-likeness (QED) is 0.543. The van der Waals surface area contributed by atoms with E-state index >= 15 is 0 Å². The summed E-state index contributed by atoms with van der Waals surface area (Å²) in [5.41, 5.74) is -1.14. The van der Waals surface area contributed by atoms with Crippen molar-refractivity contribution in [2.45, 2.75) is 25.8 Å². The molecule has 2 aromatic carbocycles. The molecule has 0 unspecified atom stereocenters. The van der Waals surface area contributed by atoms with Gasteiger partial charge >= 0.3 is 0 Å². The molecule has 1 amide bonds. The van der Waals surface area contributed by atoms with Crippen molar-refractivity contribution in [3.63, 3.8) is 0 Å². The number of carbonyl (C=O) groups is 1. The Hall–Kier alpha value is -2.83. The van der Waals surface area contributed by atoms with Crippen molar-refractivity contribution in [1.29, 1.82) is 0 Å². The second kappa shape index (κ2) is 5.75. The van der Waals surface area contributed by atoms with Gasteiger partial charge in [-0.2, -0.15) is 0 Å². The topological polar surface area (TPSA) is 105 Å². The largest absolute Gasteiger partial charge is 0.505 e. The van der Waals surface area contributed by atoms with E-state index in [0.717, 1.165) is 12.8 Å². The summed E-state index contributed by atoms with van der Waals surface area (Å²) in [6.45, 7) is 1.94. The predicted octanol–water partition coefficient (Wildman–Crippen LogP) is 1.02. The van der Waals surface area contributed by atoms with E-state index in [1.807, 2.05) is 0 Å². The Morgan fingerprint density at radius 3 is 2.70 bits per heavy atom. The number of benzene rings is 1. The Labute approximate surface area is 131 Å². The summed E-state index contributed by atoms with van der Waals surface area (Å²) in [6.07, 6.45) is 1.87. The summed E-state index contributed by atoms with van der Waals surface area (Å²) in [7, 11) is 0. The first-order chi connectivity index (χ1) is 11.0. The molecule has 0 saturated heterocycles. The number of hydrogen-bond acceptors (Lipinski definition) is 6. The molecule has 3 N–H and O–H groups in total. The lowest BCUT2D eigenvalue weighted by Gasteiger charge is -2.15. The Balaban J connectivity index is 1.86. The molecule has 0 atom stereocenters. The van der Waals surface area contributed by atoms with Gasteiger partial charge in [0.1, 0.15) is 5.69 Å². The predicted molar refractivity (Wildman–Crippen MR) is 84.4 cm³/mol. The molecular weight excluding hydrogens is 300 g/mol. The van der Waals surface area contributed by atoms with E-state index in [2.05, 4.69) is 10.6 Å². The zero-order chi connectivity index (χ0) is 16.6. The molecule has 1 saturated carbocycles. The zero-order valence-electron chi connectivity index (χ0n) is 12.5. The van der Waals surface area contributed by atoms with Crippen molar-refractivity contribution in [3.8, 4) is 11.5 Å². The molecule has 7 heteroatoms. The van der Waals surface area contributed by atoms with Crippen LogP contribution in [0, 0.1) is 0 Å². The highest BCUT2D eigenvalue weighted by Crippen LogP contribution is 2.32. The van der Waals surface area contributed by atoms with Gasteiger partial charge in [0.25, 0.3) is 16.8 Å². The average Bonchev–Trinajstić information content (AvgIpc) is 3.35. The number of para-hydroxylation sites is 1. The molecule has 120 valence electrons. The van der Waals surface area contributed by atoms with Gasteiger partial charge in [-0.25, -0.2) is 0 Å². The second-order valence-electron chi connectivity index (χ2n) is 5.37. The third kappa shape index (κ3) is 2.77. The van der Waals surface area contributed by atoms with Gasteiger partial charge in [0.05, 0.1) is 17.9 Å². The smallest absolute Gasteiger partial charge is 0.272 e. The monoisotopic (exact) mass is 316 g/mol. The number of anilines is 2. The lowest BCUT2D eigenvalue weighted by molar-refractivity contribution is 0.0948. The van der Waals surface area contributed by atoms with Gasteiger partial charge in [0.15, 0.2) is 11.5 Å². The molecule has 0 spiro atoms. The van der Waals surface area contributed by atoms with Crippen LogP contribution in [-0.4, -0.2) is 23.7 Å². The van der Waals surface area contributed by atoms with Crippen molar-refractivity contribution < 1.29 is 14.6 Å². The summed E-state index contributed by atoms with van der Waals surface area (Å²) >= 11 is 0. The number of nitrogens with one attached hydrogen (secondary N) is 2. The van der Waals surface area contributed by atoms with Crippen molar-refractivity contribution >= 4 is 17.3 Å². The van der Waals surface area contributed by atoms with Gasteiger partial charge in [-0.05, 0) is 31.9 Å². The van der Waals surface area contributed by atoms with E-state index in [1.54, 1.807) is 13.0 Å². The summed E-state index contributed by atoms with van der Waals surface area (Å²) in [6, 6.07) is 4.74. The first kappa shape index (κ1) is 15.1. The summed E-state index contributed by atoms with van der Waals surface area (Å²) < 4.78 is 5.11. The normalized spacial score (nSPS) is 13.8. The van der Waals surface area contributed by atoms with Crippen LogP contribution in [0.2, 0.25) is 0 Å². The Bertz CT molecular complexity index is 832. The maximum absolute atomic E-state index is 12.1. The molecule has 2 aromatic rings. The second-order valence-corrected chi connectivity index (χ2v) is 5.37. The summed E-state index contributed by atoms with van der Waals surface area (Å²) in [5.74, 6) is -0.699. The number of phenolic OH excluding ortho intramolecular Hbond substituents is 1. The maximum atomic E-state index is 12.1. The van der Waals surface area contributed by atoms with E-state index < -0.39 is 10.9 Å². The van der Waals surface area contributed by atoms with Crippen LogP contribution in [0.3, 0.4) is 0 Å². The molecule has 0 bridgehead atoms. The van der Waals surface area contributed by atoms with E-state index in [9.17, 15) is 19.5 Å². The number of ether oxygens (including phenoxy) is 1. The minimum Gasteiger partial charge on any atom is -0.505 e. The molecule has 23 heavy (non-hydrogen) atoms. The van der Waals surface area contributed by atoms with Crippen LogP contribution in [0.25, 0.3) is 0 Å². The Morgan fingerprint density at radius 2 is 2.04 bits per heavy atom. The van der Waals surface area contributed by atoms with Crippen LogP contribution < -0.4 is 26.2 Å². The van der Waals surface area contributed by atoms with Crippen LogP contribution in [0.4, 0.5) is 11.4 Å². The molecule has 7 nitrogen and oxygen atoms in total. The molecule has 0 aliphatic heterocycles. The molecule has 3 rings (SSSR count). The number of carbonyl (C=O) groups excluding carboxylic acids is 1. The van der Waals surface area contributed by atoms with Gasteiger partial charge in [0.2, 0.25) is 0 Å². The van der Waals surface area contributed by atoms with Crippen LogP contribution in [0.15, 0.2) is 27.8 Å². The minimum absolute atomic E-state index is 0.00750. The highest BCUT2D eigenvalue weighted by molar-refractivity contribution is 5.99. The van der Waals surface area contributed by atoms with Crippen molar-refractivity contribution in [3.05, 3.63) is 44.2 Å². The lowest BCUT2D eigenvalue weighted by Crippen LogP contribution is -2.35. The number of phenols is 1. The number of hydrogen-bond donors (Lipinski definition) is 3.